The largest absolute Gasteiger partial charge is 0.330 e. The number of rotatable bonds is 1. The van der Waals surface area contributed by atoms with Crippen molar-refractivity contribution >= 4 is 11.6 Å². The Balaban J connectivity index is 2.43. The zero-order valence-corrected chi connectivity index (χ0v) is 8.94. The molecule has 1 aliphatic heterocycles. The first-order valence-corrected chi connectivity index (χ1v) is 5.31. The number of carbonyl (C=O) groups is 1. The fraction of sp³-hybridized carbons (Fsp3) is 0.417. The minimum Gasteiger partial charge on any atom is -0.330 e. The summed E-state index contributed by atoms with van der Waals surface area (Å²) in [5, 5.41) is 0. The maximum absolute atomic E-state index is 11.5. The molecule has 0 fully saturated rings. The van der Waals surface area contributed by atoms with E-state index in [1.54, 1.807) is 6.92 Å². The summed E-state index contributed by atoms with van der Waals surface area (Å²) in [6.07, 6.45) is 0.965. The topological polar surface area (TPSA) is 46.3 Å². The number of nitrogens with zero attached hydrogens (tertiary/aromatic N) is 1. The predicted octanol–water partition coefficient (Wildman–Crippen LogP) is 1.49. The molecule has 1 aliphatic rings. The van der Waals surface area contributed by atoms with Gasteiger partial charge in [0.2, 0.25) is 5.91 Å². The molecule has 0 aromatic heterocycles. The zero-order chi connectivity index (χ0) is 10.8. The molecular weight excluding hydrogens is 188 g/mol. The number of hydrogen-bond donors (Lipinski definition) is 1. The fourth-order valence-corrected chi connectivity index (χ4v) is 2.21. The summed E-state index contributed by atoms with van der Waals surface area (Å²) in [6.45, 7) is 3.05. The molecular formula is C12H16N2O. The first kappa shape index (κ1) is 10.2. The van der Waals surface area contributed by atoms with Gasteiger partial charge in [-0.2, -0.15) is 0 Å². The highest BCUT2D eigenvalue weighted by Crippen LogP contribution is 2.34. The van der Waals surface area contributed by atoms with E-state index in [4.69, 9.17) is 5.73 Å². The molecule has 3 heteroatoms. The molecule has 0 spiro atoms. The van der Waals surface area contributed by atoms with Crippen molar-refractivity contribution in [2.45, 2.75) is 19.3 Å². The second-order valence-electron chi connectivity index (χ2n) is 3.95. The lowest BCUT2D eigenvalue weighted by atomic mass is 9.90. The van der Waals surface area contributed by atoms with Gasteiger partial charge in [0, 0.05) is 19.2 Å². The quantitative estimate of drug-likeness (QED) is 0.753. The van der Waals surface area contributed by atoms with Crippen LogP contribution in [0.15, 0.2) is 24.3 Å². The van der Waals surface area contributed by atoms with Crippen LogP contribution in [0.1, 0.15) is 24.8 Å². The molecule has 2 N–H and O–H groups in total. The highest BCUT2D eigenvalue weighted by Gasteiger charge is 2.25. The van der Waals surface area contributed by atoms with E-state index < -0.39 is 0 Å². The van der Waals surface area contributed by atoms with E-state index in [-0.39, 0.29) is 5.91 Å². The third-order valence-corrected chi connectivity index (χ3v) is 3.03. The Labute approximate surface area is 89.9 Å². The Bertz CT molecular complexity index is 376. The lowest BCUT2D eigenvalue weighted by molar-refractivity contribution is -0.116. The van der Waals surface area contributed by atoms with Gasteiger partial charge < -0.3 is 10.6 Å². The first-order chi connectivity index (χ1) is 7.24. The number of benzene rings is 1. The maximum Gasteiger partial charge on any atom is 0.223 e. The Morgan fingerprint density at radius 1 is 1.53 bits per heavy atom. The second kappa shape index (κ2) is 4.03. The van der Waals surface area contributed by atoms with E-state index in [9.17, 15) is 4.79 Å². The highest BCUT2D eigenvalue weighted by molar-refractivity contribution is 5.93. The molecule has 15 heavy (non-hydrogen) atoms. The zero-order valence-electron chi connectivity index (χ0n) is 8.94. The first-order valence-electron chi connectivity index (χ1n) is 5.31. The number of nitrogens with two attached hydrogens (primary N) is 1. The van der Waals surface area contributed by atoms with Crippen LogP contribution in [0, 0.1) is 0 Å². The molecule has 0 aliphatic carbocycles. The number of amides is 1. The van der Waals surface area contributed by atoms with Crippen molar-refractivity contribution in [2.75, 3.05) is 18.0 Å². The van der Waals surface area contributed by atoms with E-state index >= 15 is 0 Å². The van der Waals surface area contributed by atoms with Crippen LogP contribution in [0.2, 0.25) is 0 Å². The Morgan fingerprint density at radius 2 is 2.27 bits per heavy atom. The fourth-order valence-electron chi connectivity index (χ4n) is 2.21. The van der Waals surface area contributed by atoms with Gasteiger partial charge >= 0.3 is 0 Å². The van der Waals surface area contributed by atoms with Crippen molar-refractivity contribution in [3.8, 4) is 0 Å². The normalized spacial score (nSPS) is 19.9. The Morgan fingerprint density at radius 3 is 2.93 bits per heavy atom. The molecule has 80 valence electrons. The van der Waals surface area contributed by atoms with E-state index in [1.165, 1.54) is 5.56 Å². The molecule has 1 heterocycles. The van der Waals surface area contributed by atoms with Gasteiger partial charge in [0.15, 0.2) is 0 Å². The summed E-state index contributed by atoms with van der Waals surface area (Å²) in [5.41, 5.74) is 7.98. The average Bonchev–Trinajstić information content (AvgIpc) is 2.27. The van der Waals surface area contributed by atoms with Gasteiger partial charge in [-0.25, -0.2) is 0 Å². The number of anilines is 1. The lowest BCUT2D eigenvalue weighted by Gasteiger charge is -2.33. The van der Waals surface area contributed by atoms with Crippen molar-refractivity contribution in [1.29, 1.82) is 0 Å². The molecule has 0 bridgehead atoms. The number of para-hydroxylation sites is 1. The van der Waals surface area contributed by atoms with Crippen LogP contribution in [0.3, 0.4) is 0 Å². The second-order valence-corrected chi connectivity index (χ2v) is 3.95. The van der Waals surface area contributed by atoms with Crippen molar-refractivity contribution in [1.82, 2.24) is 0 Å². The van der Waals surface area contributed by atoms with Gasteiger partial charge in [-0.05, 0) is 30.5 Å². The van der Waals surface area contributed by atoms with Crippen molar-refractivity contribution in [3.63, 3.8) is 0 Å². The van der Waals surface area contributed by atoms with Crippen molar-refractivity contribution < 1.29 is 4.79 Å². The van der Waals surface area contributed by atoms with Gasteiger partial charge in [-0.15, -0.1) is 0 Å². The average molecular weight is 204 g/mol. The molecule has 3 nitrogen and oxygen atoms in total. The van der Waals surface area contributed by atoms with E-state index in [2.05, 4.69) is 6.07 Å². The standard InChI is InChI=1S/C12H16N2O/c1-9(15)14-7-6-10(8-13)11-4-2-3-5-12(11)14/h2-5,10H,6-8,13H2,1H3. The summed E-state index contributed by atoms with van der Waals surface area (Å²) in [4.78, 5) is 13.3. The molecule has 0 saturated carbocycles. The summed E-state index contributed by atoms with van der Waals surface area (Å²) in [6, 6.07) is 8.04. The van der Waals surface area contributed by atoms with Crippen LogP contribution < -0.4 is 10.6 Å². The lowest BCUT2D eigenvalue weighted by Crippen LogP contribution is -2.36. The van der Waals surface area contributed by atoms with E-state index in [0.29, 0.717) is 12.5 Å². The molecule has 0 saturated heterocycles. The summed E-state index contributed by atoms with van der Waals surface area (Å²) in [5.74, 6) is 0.509. The molecule has 1 aromatic carbocycles. The third kappa shape index (κ3) is 1.75. The van der Waals surface area contributed by atoms with Crippen LogP contribution in [0.25, 0.3) is 0 Å². The molecule has 1 amide bonds. The van der Waals surface area contributed by atoms with Gasteiger partial charge in [0.05, 0.1) is 0 Å². The van der Waals surface area contributed by atoms with Crippen LogP contribution in [0.5, 0.6) is 0 Å². The minimum atomic E-state index is 0.109. The molecule has 1 aromatic rings. The Hall–Kier alpha value is -1.35. The van der Waals surface area contributed by atoms with Gasteiger partial charge in [-0.3, -0.25) is 4.79 Å². The SMILES string of the molecule is CC(=O)N1CCC(CN)c2ccccc21. The van der Waals surface area contributed by atoms with E-state index in [1.807, 2.05) is 23.1 Å². The highest BCUT2D eigenvalue weighted by atomic mass is 16.2. The van der Waals surface area contributed by atoms with Crippen LogP contribution >= 0.6 is 0 Å². The monoisotopic (exact) mass is 204 g/mol. The van der Waals surface area contributed by atoms with E-state index in [0.717, 1.165) is 18.7 Å². The molecule has 1 atom stereocenters. The third-order valence-electron chi connectivity index (χ3n) is 3.03. The summed E-state index contributed by atoms with van der Waals surface area (Å²) < 4.78 is 0. The molecule has 1 unspecified atom stereocenters. The molecule has 2 rings (SSSR count). The minimum absolute atomic E-state index is 0.109. The predicted molar refractivity (Wildman–Crippen MR) is 60.9 cm³/mol. The van der Waals surface area contributed by atoms with Gasteiger partial charge in [0.1, 0.15) is 0 Å². The Kier molecular flexibility index (Phi) is 2.73. The smallest absolute Gasteiger partial charge is 0.223 e. The van der Waals surface area contributed by atoms with Crippen LogP contribution in [-0.4, -0.2) is 19.0 Å². The maximum atomic E-state index is 11.5. The number of carbonyl (C=O) groups excluding carboxylic acids is 1. The number of hydrogen-bond acceptors (Lipinski definition) is 2. The van der Waals surface area contributed by atoms with Crippen molar-refractivity contribution in [3.05, 3.63) is 29.8 Å². The van der Waals surface area contributed by atoms with Gasteiger partial charge in [-0.1, -0.05) is 18.2 Å². The molecule has 0 radical (unpaired) electrons. The van der Waals surface area contributed by atoms with Gasteiger partial charge in [0.25, 0.3) is 0 Å². The van der Waals surface area contributed by atoms with Crippen molar-refractivity contribution in [2.24, 2.45) is 5.73 Å². The van der Waals surface area contributed by atoms with Crippen LogP contribution in [0.4, 0.5) is 5.69 Å². The summed E-state index contributed by atoms with van der Waals surface area (Å²) >= 11 is 0. The number of fused-ring (bicyclic) bond motifs is 1. The summed E-state index contributed by atoms with van der Waals surface area (Å²) in [7, 11) is 0. The van der Waals surface area contributed by atoms with Crippen LogP contribution in [-0.2, 0) is 4.79 Å².